The van der Waals surface area contributed by atoms with E-state index in [0.29, 0.717) is 24.7 Å². The van der Waals surface area contributed by atoms with Crippen LogP contribution in [-0.2, 0) is 14.3 Å². The summed E-state index contributed by atoms with van der Waals surface area (Å²) in [5.41, 5.74) is 7.12. The van der Waals surface area contributed by atoms with E-state index in [1.54, 1.807) is 13.0 Å². The van der Waals surface area contributed by atoms with Gasteiger partial charge >= 0.3 is 5.97 Å². The number of nitrogens with zero attached hydrogens (tertiary/aromatic N) is 2. The molecule has 7 heteroatoms. The van der Waals surface area contributed by atoms with Crippen LogP contribution in [0.25, 0.3) is 6.08 Å². The van der Waals surface area contributed by atoms with Crippen molar-refractivity contribution < 1.29 is 14.3 Å². The zero-order valence-electron chi connectivity index (χ0n) is 12.3. The molecule has 1 unspecified atom stereocenters. The molecule has 0 aromatic carbocycles. The summed E-state index contributed by atoms with van der Waals surface area (Å²) < 4.78 is 10.2. The minimum absolute atomic E-state index is 0.188. The molecule has 7 nitrogen and oxygen atoms in total. The number of anilines is 2. The summed E-state index contributed by atoms with van der Waals surface area (Å²) in [5.74, 6) is 0.405. The molecule has 1 aromatic heterocycles. The highest BCUT2D eigenvalue weighted by molar-refractivity contribution is 5.88. The van der Waals surface area contributed by atoms with Crippen molar-refractivity contribution in [3.63, 3.8) is 0 Å². The Morgan fingerprint density at radius 3 is 3.05 bits per heavy atom. The van der Waals surface area contributed by atoms with Gasteiger partial charge < -0.3 is 20.5 Å². The third-order valence-electron chi connectivity index (χ3n) is 3.10. The maximum absolute atomic E-state index is 11.4. The molecular formula is C14H20N4O3. The number of nitrogens with two attached hydrogens (primary N) is 1. The molecule has 1 saturated heterocycles. The number of hydrogen-bond donors (Lipinski definition) is 2. The molecule has 0 aliphatic carbocycles. The van der Waals surface area contributed by atoms with Crippen LogP contribution in [0.2, 0.25) is 0 Å². The first-order valence-corrected chi connectivity index (χ1v) is 6.93. The molecule has 0 bridgehead atoms. The summed E-state index contributed by atoms with van der Waals surface area (Å²) in [5, 5.41) is 3.29. The van der Waals surface area contributed by atoms with Gasteiger partial charge in [-0.3, -0.25) is 0 Å². The lowest BCUT2D eigenvalue weighted by Crippen LogP contribution is -2.21. The largest absolute Gasteiger partial charge is 0.463 e. The molecule has 0 amide bonds. The van der Waals surface area contributed by atoms with Gasteiger partial charge in [0.05, 0.1) is 24.9 Å². The van der Waals surface area contributed by atoms with Crippen molar-refractivity contribution in [1.29, 1.82) is 0 Å². The number of nitrogens with one attached hydrogen (secondary N) is 1. The Bertz CT molecular complexity index is 539. The molecule has 0 spiro atoms. The minimum atomic E-state index is -0.399. The SMILES string of the molecule is CCOC(=O)C=Cc1c(C)nc(N)nc1NC1CCOC1. The number of hydrogen-bond acceptors (Lipinski definition) is 7. The second-order valence-corrected chi connectivity index (χ2v) is 4.72. The van der Waals surface area contributed by atoms with Crippen LogP contribution in [0.15, 0.2) is 6.08 Å². The van der Waals surface area contributed by atoms with E-state index in [1.807, 2.05) is 6.92 Å². The number of aromatic nitrogens is 2. The summed E-state index contributed by atoms with van der Waals surface area (Å²) >= 11 is 0. The van der Waals surface area contributed by atoms with Gasteiger partial charge in [-0.05, 0) is 26.3 Å². The van der Waals surface area contributed by atoms with Gasteiger partial charge in [0.15, 0.2) is 0 Å². The summed E-state index contributed by atoms with van der Waals surface area (Å²) in [6.07, 6.45) is 3.91. The van der Waals surface area contributed by atoms with Crippen LogP contribution in [0, 0.1) is 6.92 Å². The molecule has 21 heavy (non-hydrogen) atoms. The number of carbonyl (C=O) groups excluding carboxylic acids is 1. The lowest BCUT2D eigenvalue weighted by Gasteiger charge is -2.15. The lowest BCUT2D eigenvalue weighted by molar-refractivity contribution is -0.137. The number of rotatable bonds is 5. The van der Waals surface area contributed by atoms with Crippen molar-refractivity contribution in [2.24, 2.45) is 0 Å². The first-order chi connectivity index (χ1) is 10.1. The second kappa shape index (κ2) is 7.03. The van der Waals surface area contributed by atoms with Gasteiger partial charge in [0.25, 0.3) is 0 Å². The zero-order chi connectivity index (χ0) is 15.2. The average molecular weight is 292 g/mol. The van der Waals surface area contributed by atoms with Crippen LogP contribution in [0.5, 0.6) is 0 Å². The molecular weight excluding hydrogens is 272 g/mol. The molecule has 1 fully saturated rings. The summed E-state index contributed by atoms with van der Waals surface area (Å²) in [6, 6.07) is 0.188. The van der Waals surface area contributed by atoms with Crippen LogP contribution >= 0.6 is 0 Å². The van der Waals surface area contributed by atoms with Crippen molar-refractivity contribution in [2.75, 3.05) is 30.9 Å². The molecule has 2 rings (SSSR count). The van der Waals surface area contributed by atoms with E-state index >= 15 is 0 Å². The molecule has 2 heterocycles. The van der Waals surface area contributed by atoms with E-state index in [-0.39, 0.29) is 12.0 Å². The van der Waals surface area contributed by atoms with Crippen LogP contribution in [0.3, 0.4) is 0 Å². The van der Waals surface area contributed by atoms with Crippen molar-refractivity contribution in [3.05, 3.63) is 17.3 Å². The highest BCUT2D eigenvalue weighted by Gasteiger charge is 2.18. The fraction of sp³-hybridized carbons (Fsp3) is 0.500. The predicted octanol–water partition coefficient (Wildman–Crippen LogP) is 1.14. The van der Waals surface area contributed by atoms with Crippen molar-refractivity contribution >= 4 is 23.8 Å². The van der Waals surface area contributed by atoms with Gasteiger partial charge in [-0.2, -0.15) is 4.98 Å². The molecule has 0 saturated carbocycles. The monoisotopic (exact) mass is 292 g/mol. The topological polar surface area (TPSA) is 99.4 Å². The fourth-order valence-corrected chi connectivity index (χ4v) is 2.10. The predicted molar refractivity (Wildman–Crippen MR) is 79.7 cm³/mol. The number of esters is 1. The number of carbonyl (C=O) groups is 1. The highest BCUT2D eigenvalue weighted by Crippen LogP contribution is 2.21. The van der Waals surface area contributed by atoms with Crippen LogP contribution in [0.4, 0.5) is 11.8 Å². The Labute approximate surface area is 123 Å². The fourth-order valence-electron chi connectivity index (χ4n) is 2.10. The summed E-state index contributed by atoms with van der Waals surface area (Å²) in [4.78, 5) is 19.8. The molecule has 1 aliphatic rings. The maximum Gasteiger partial charge on any atom is 0.330 e. The number of nitrogen functional groups attached to an aromatic ring is 1. The van der Waals surface area contributed by atoms with E-state index < -0.39 is 5.97 Å². The Hall–Kier alpha value is -2.15. The Morgan fingerprint density at radius 1 is 1.57 bits per heavy atom. The van der Waals surface area contributed by atoms with E-state index in [9.17, 15) is 4.79 Å². The third-order valence-corrected chi connectivity index (χ3v) is 3.10. The van der Waals surface area contributed by atoms with Gasteiger partial charge in [-0.1, -0.05) is 0 Å². The van der Waals surface area contributed by atoms with Crippen molar-refractivity contribution in [3.8, 4) is 0 Å². The van der Waals surface area contributed by atoms with Gasteiger partial charge in [-0.15, -0.1) is 0 Å². The van der Waals surface area contributed by atoms with Gasteiger partial charge in [0.1, 0.15) is 5.82 Å². The van der Waals surface area contributed by atoms with E-state index in [2.05, 4.69) is 15.3 Å². The number of aryl methyl sites for hydroxylation is 1. The third kappa shape index (κ3) is 4.16. The van der Waals surface area contributed by atoms with Gasteiger partial charge in [0.2, 0.25) is 5.95 Å². The molecule has 0 radical (unpaired) electrons. The lowest BCUT2D eigenvalue weighted by atomic mass is 10.1. The minimum Gasteiger partial charge on any atom is -0.463 e. The normalized spacial score (nSPS) is 18.1. The average Bonchev–Trinajstić information content (AvgIpc) is 2.90. The zero-order valence-corrected chi connectivity index (χ0v) is 12.3. The van der Waals surface area contributed by atoms with Gasteiger partial charge in [-0.25, -0.2) is 9.78 Å². The van der Waals surface area contributed by atoms with E-state index in [0.717, 1.165) is 18.6 Å². The Morgan fingerprint density at radius 2 is 2.38 bits per heavy atom. The van der Waals surface area contributed by atoms with Crippen LogP contribution < -0.4 is 11.1 Å². The maximum atomic E-state index is 11.4. The molecule has 3 N–H and O–H groups in total. The van der Waals surface area contributed by atoms with Crippen LogP contribution in [0.1, 0.15) is 24.6 Å². The van der Waals surface area contributed by atoms with E-state index in [1.165, 1.54) is 6.08 Å². The number of ether oxygens (including phenoxy) is 2. The summed E-state index contributed by atoms with van der Waals surface area (Å²) in [6.45, 7) is 5.27. The quantitative estimate of drug-likeness (QED) is 0.620. The van der Waals surface area contributed by atoms with E-state index in [4.69, 9.17) is 15.2 Å². The van der Waals surface area contributed by atoms with Gasteiger partial charge in [0, 0.05) is 18.2 Å². The first-order valence-electron chi connectivity index (χ1n) is 6.93. The molecule has 1 aliphatic heterocycles. The second-order valence-electron chi connectivity index (χ2n) is 4.72. The molecule has 1 aromatic rings. The smallest absolute Gasteiger partial charge is 0.330 e. The Balaban J connectivity index is 2.22. The molecule has 1 atom stereocenters. The standard InChI is InChI=1S/C14H20N4O3/c1-3-21-12(19)5-4-11-9(2)16-14(15)18-13(11)17-10-6-7-20-8-10/h4-5,10H,3,6-8H2,1-2H3,(H3,15,16,17,18). The van der Waals surface area contributed by atoms with Crippen LogP contribution in [-0.4, -0.2) is 41.8 Å². The molecule has 114 valence electrons. The first kappa shape index (κ1) is 15.2. The highest BCUT2D eigenvalue weighted by atomic mass is 16.5. The summed E-state index contributed by atoms with van der Waals surface area (Å²) in [7, 11) is 0. The Kier molecular flexibility index (Phi) is 5.10. The van der Waals surface area contributed by atoms with Crippen molar-refractivity contribution in [1.82, 2.24) is 9.97 Å². The van der Waals surface area contributed by atoms with Crippen molar-refractivity contribution in [2.45, 2.75) is 26.3 Å².